The van der Waals surface area contributed by atoms with Crippen molar-refractivity contribution in [3.8, 4) is 0 Å². The highest BCUT2D eigenvalue weighted by atomic mass is 28.3. The van der Waals surface area contributed by atoms with Crippen LogP contribution in [0.1, 0.15) is 12.8 Å². The highest BCUT2D eigenvalue weighted by molar-refractivity contribution is 6.83. The summed E-state index contributed by atoms with van der Waals surface area (Å²) in [6.45, 7) is 9.18. The van der Waals surface area contributed by atoms with Gasteiger partial charge in [-0.25, -0.2) is 0 Å². The number of allylic oxidation sites excluding steroid dienone is 2. The third-order valence-electron chi connectivity index (χ3n) is 3.22. The Morgan fingerprint density at radius 3 is 2.86 bits per heavy atom. The van der Waals surface area contributed by atoms with E-state index in [1.54, 1.807) is 10.8 Å². The Labute approximate surface area is 87.9 Å². The Hall–Kier alpha value is -0.343. The first-order chi connectivity index (χ1) is 6.59. The number of rotatable bonds is 1. The largest absolute Gasteiger partial charge is 0.376 e. The van der Waals surface area contributed by atoms with Crippen molar-refractivity contribution in [1.29, 1.82) is 0 Å². The Bertz CT molecular complexity index is 283. The molecule has 1 aliphatic carbocycles. The second-order valence-corrected chi connectivity index (χ2v) is 10.4. The van der Waals surface area contributed by atoms with Crippen LogP contribution in [0.5, 0.6) is 0 Å². The molecule has 1 heterocycles. The Morgan fingerprint density at radius 2 is 2.14 bits per heavy atom. The van der Waals surface area contributed by atoms with Gasteiger partial charge in [-0.3, -0.25) is 0 Å². The van der Waals surface area contributed by atoms with Crippen molar-refractivity contribution in [3.05, 3.63) is 22.9 Å². The molecule has 0 bridgehead atoms. The van der Waals surface area contributed by atoms with Crippen LogP contribution in [-0.4, -0.2) is 21.3 Å². The Morgan fingerprint density at radius 1 is 1.36 bits per heavy atom. The number of ether oxygens (including phenoxy) is 1. The second-order valence-electron chi connectivity index (χ2n) is 5.34. The van der Waals surface area contributed by atoms with Crippen molar-refractivity contribution >= 4 is 8.07 Å². The fraction of sp³-hybridized carbons (Fsp3) is 0.667. The molecule has 1 fully saturated rings. The third-order valence-corrected chi connectivity index (χ3v) is 5.61. The average molecular weight is 208 g/mol. The fourth-order valence-corrected chi connectivity index (χ4v) is 4.61. The quantitative estimate of drug-likeness (QED) is 0.475. The standard InChI is InChI=1S/C12H20OSi/c1-14(2,3)12-7-5-4-6-10-8-13-9-11(10)12/h4,6,10H,5,7-9H2,1-3H3/t10-/m1/s1. The van der Waals surface area contributed by atoms with E-state index in [1.165, 1.54) is 12.8 Å². The molecule has 0 saturated carbocycles. The highest BCUT2D eigenvalue weighted by Crippen LogP contribution is 2.34. The molecule has 2 heteroatoms. The van der Waals surface area contributed by atoms with Crippen LogP contribution in [-0.2, 0) is 4.74 Å². The van der Waals surface area contributed by atoms with Gasteiger partial charge in [0.05, 0.1) is 21.3 Å². The molecule has 14 heavy (non-hydrogen) atoms. The van der Waals surface area contributed by atoms with Gasteiger partial charge in [0.2, 0.25) is 0 Å². The molecule has 78 valence electrons. The zero-order valence-electron chi connectivity index (χ0n) is 9.47. The normalized spacial score (nSPS) is 27.8. The molecule has 0 aromatic heterocycles. The van der Waals surface area contributed by atoms with E-state index in [0.717, 1.165) is 13.2 Å². The molecule has 1 saturated heterocycles. The van der Waals surface area contributed by atoms with E-state index in [9.17, 15) is 0 Å². The average Bonchev–Trinajstić information content (AvgIpc) is 2.42. The van der Waals surface area contributed by atoms with Gasteiger partial charge in [0.25, 0.3) is 0 Å². The number of hydrogen-bond donors (Lipinski definition) is 0. The minimum Gasteiger partial charge on any atom is -0.376 e. The summed E-state index contributed by atoms with van der Waals surface area (Å²) in [7, 11) is -1.11. The number of hydrogen-bond acceptors (Lipinski definition) is 1. The summed E-state index contributed by atoms with van der Waals surface area (Å²) in [5.41, 5.74) is 1.62. The summed E-state index contributed by atoms with van der Waals surface area (Å²) in [5.74, 6) is 0.610. The van der Waals surface area contributed by atoms with Gasteiger partial charge in [0.1, 0.15) is 0 Å². The van der Waals surface area contributed by atoms with Gasteiger partial charge in [-0.1, -0.05) is 37.0 Å². The van der Waals surface area contributed by atoms with Crippen LogP contribution in [0.3, 0.4) is 0 Å². The molecule has 1 nitrogen and oxygen atoms in total. The smallest absolute Gasteiger partial charge is 0.0725 e. The summed E-state index contributed by atoms with van der Waals surface area (Å²) in [5, 5.41) is 1.77. The molecule has 0 spiro atoms. The van der Waals surface area contributed by atoms with Gasteiger partial charge in [-0.05, 0) is 18.4 Å². The molecular formula is C12H20OSi. The molecule has 2 aliphatic rings. The van der Waals surface area contributed by atoms with Crippen LogP contribution in [0, 0.1) is 5.92 Å². The van der Waals surface area contributed by atoms with Gasteiger partial charge in [-0.15, -0.1) is 0 Å². The lowest BCUT2D eigenvalue weighted by Gasteiger charge is -2.23. The first-order valence-electron chi connectivity index (χ1n) is 5.56. The van der Waals surface area contributed by atoms with E-state index in [4.69, 9.17) is 4.74 Å². The van der Waals surface area contributed by atoms with Crippen LogP contribution < -0.4 is 0 Å². The lowest BCUT2D eigenvalue weighted by molar-refractivity contribution is 0.195. The molecule has 0 aromatic carbocycles. The van der Waals surface area contributed by atoms with Crippen LogP contribution in [0.25, 0.3) is 0 Å². The molecule has 0 aromatic rings. The van der Waals surface area contributed by atoms with Gasteiger partial charge < -0.3 is 4.74 Å². The van der Waals surface area contributed by atoms with E-state index < -0.39 is 8.07 Å². The third kappa shape index (κ3) is 1.86. The molecule has 1 atom stereocenters. The van der Waals surface area contributed by atoms with E-state index in [-0.39, 0.29) is 0 Å². The van der Waals surface area contributed by atoms with E-state index in [1.807, 2.05) is 0 Å². The fourth-order valence-electron chi connectivity index (χ4n) is 2.49. The van der Waals surface area contributed by atoms with Crippen LogP contribution in [0.15, 0.2) is 22.9 Å². The van der Waals surface area contributed by atoms with Gasteiger partial charge >= 0.3 is 0 Å². The lowest BCUT2D eigenvalue weighted by atomic mass is 10.0. The lowest BCUT2D eigenvalue weighted by Crippen LogP contribution is -2.26. The van der Waals surface area contributed by atoms with Crippen molar-refractivity contribution in [1.82, 2.24) is 0 Å². The summed E-state index contributed by atoms with van der Waals surface area (Å²) in [6, 6.07) is 0. The maximum atomic E-state index is 5.59. The monoisotopic (exact) mass is 208 g/mol. The molecule has 0 N–H and O–H groups in total. The van der Waals surface area contributed by atoms with Crippen LogP contribution in [0.2, 0.25) is 19.6 Å². The van der Waals surface area contributed by atoms with E-state index in [2.05, 4.69) is 31.8 Å². The van der Waals surface area contributed by atoms with Crippen LogP contribution in [0.4, 0.5) is 0 Å². The predicted octanol–water partition coefficient (Wildman–Crippen LogP) is 3.16. The van der Waals surface area contributed by atoms with Crippen molar-refractivity contribution in [2.45, 2.75) is 32.5 Å². The van der Waals surface area contributed by atoms with Crippen molar-refractivity contribution in [2.24, 2.45) is 5.92 Å². The van der Waals surface area contributed by atoms with Gasteiger partial charge in [-0.2, -0.15) is 0 Å². The first-order valence-corrected chi connectivity index (χ1v) is 9.06. The Balaban J connectivity index is 2.37. The maximum absolute atomic E-state index is 5.59. The molecular weight excluding hydrogens is 188 g/mol. The summed E-state index contributed by atoms with van der Waals surface area (Å²) >= 11 is 0. The zero-order valence-corrected chi connectivity index (χ0v) is 10.5. The Kier molecular flexibility index (Phi) is 2.67. The van der Waals surface area contributed by atoms with Crippen molar-refractivity contribution < 1.29 is 4.74 Å². The minimum atomic E-state index is -1.11. The SMILES string of the molecule is C[Si](C)(C)C1=C2COC[C@H]2C=CCC1. The maximum Gasteiger partial charge on any atom is 0.0725 e. The second kappa shape index (κ2) is 3.67. The number of fused-ring (bicyclic) bond motifs is 1. The predicted molar refractivity (Wildman–Crippen MR) is 63.1 cm³/mol. The molecule has 0 radical (unpaired) electrons. The summed E-state index contributed by atoms with van der Waals surface area (Å²) in [4.78, 5) is 0. The van der Waals surface area contributed by atoms with E-state index in [0.29, 0.717) is 5.92 Å². The first kappa shape index (κ1) is 10.2. The van der Waals surface area contributed by atoms with Gasteiger partial charge in [0, 0.05) is 5.92 Å². The zero-order chi connectivity index (χ0) is 10.2. The van der Waals surface area contributed by atoms with Gasteiger partial charge in [0.15, 0.2) is 0 Å². The molecule has 2 rings (SSSR count). The van der Waals surface area contributed by atoms with Crippen molar-refractivity contribution in [3.63, 3.8) is 0 Å². The van der Waals surface area contributed by atoms with E-state index >= 15 is 0 Å². The molecule has 1 aliphatic heterocycles. The van der Waals surface area contributed by atoms with Crippen molar-refractivity contribution in [2.75, 3.05) is 13.2 Å². The molecule has 0 amide bonds. The highest BCUT2D eigenvalue weighted by Gasteiger charge is 2.30. The topological polar surface area (TPSA) is 9.23 Å². The summed E-state index contributed by atoms with van der Waals surface area (Å²) < 4.78 is 5.59. The summed E-state index contributed by atoms with van der Waals surface area (Å²) in [6.07, 6.45) is 7.21. The van der Waals surface area contributed by atoms with Crippen LogP contribution >= 0.6 is 0 Å². The molecule has 0 unspecified atom stereocenters. The minimum absolute atomic E-state index is 0.610.